The molecule has 11 heteroatoms. The average Bonchev–Trinajstić information content (AvgIpc) is 3.60. The number of hydrogen-bond donors (Lipinski definition) is 1. The Balaban J connectivity index is 1.26. The van der Waals surface area contributed by atoms with Gasteiger partial charge in [0.2, 0.25) is 5.13 Å². The molecule has 4 aromatic rings. The molecule has 1 N–H and O–H groups in total. The van der Waals surface area contributed by atoms with Crippen LogP contribution in [0.3, 0.4) is 0 Å². The number of thioether (sulfide) groups is 1. The summed E-state index contributed by atoms with van der Waals surface area (Å²) in [5.74, 6) is 0.324. The Labute approximate surface area is 195 Å². The summed E-state index contributed by atoms with van der Waals surface area (Å²) in [4.78, 5) is 14.1. The maximum atomic E-state index is 13.8. The standard InChI is InChI=1S/C21H16FN5O2S3/c22-13-5-1-2-6-14(13)23-20-24-25-21(32-20)31-12-19(28)27-16(17-7-3-9-29-17)11-15(26-27)18-8-4-10-30-18/h1-10,16H,11-12H2,(H,23,24). The molecule has 0 radical (unpaired) electrons. The van der Waals surface area contributed by atoms with Crippen LogP contribution < -0.4 is 5.32 Å². The Bertz CT molecular complexity index is 1240. The number of benzene rings is 1. The zero-order valence-corrected chi connectivity index (χ0v) is 18.9. The van der Waals surface area contributed by atoms with Crippen molar-refractivity contribution in [1.29, 1.82) is 0 Å². The van der Waals surface area contributed by atoms with Crippen molar-refractivity contribution in [2.75, 3.05) is 11.1 Å². The van der Waals surface area contributed by atoms with Crippen molar-refractivity contribution in [3.05, 3.63) is 76.6 Å². The van der Waals surface area contributed by atoms with Crippen LogP contribution in [0.4, 0.5) is 15.2 Å². The maximum Gasteiger partial charge on any atom is 0.253 e. The molecule has 5 rings (SSSR count). The van der Waals surface area contributed by atoms with Crippen LogP contribution in [-0.2, 0) is 4.79 Å². The van der Waals surface area contributed by atoms with Gasteiger partial charge in [0.15, 0.2) is 4.34 Å². The van der Waals surface area contributed by atoms with E-state index in [0.717, 1.165) is 10.6 Å². The highest BCUT2D eigenvalue weighted by molar-refractivity contribution is 8.01. The Kier molecular flexibility index (Phi) is 6.02. The zero-order chi connectivity index (χ0) is 21.9. The monoisotopic (exact) mass is 485 g/mol. The van der Waals surface area contributed by atoms with Crippen LogP contribution >= 0.6 is 34.4 Å². The van der Waals surface area contributed by atoms with Gasteiger partial charge in [-0.1, -0.05) is 41.3 Å². The lowest BCUT2D eigenvalue weighted by Gasteiger charge is -2.19. The van der Waals surface area contributed by atoms with Crippen LogP contribution in [0.2, 0.25) is 0 Å². The Morgan fingerprint density at radius 2 is 2.12 bits per heavy atom. The summed E-state index contributed by atoms with van der Waals surface area (Å²) >= 11 is 4.12. The molecule has 1 aromatic carbocycles. The molecule has 32 heavy (non-hydrogen) atoms. The number of para-hydroxylation sites is 1. The highest BCUT2D eigenvalue weighted by Gasteiger charge is 2.35. The number of hydrogen-bond acceptors (Lipinski definition) is 9. The van der Waals surface area contributed by atoms with E-state index in [-0.39, 0.29) is 23.5 Å². The Hall–Kier alpha value is -3.02. The summed E-state index contributed by atoms with van der Waals surface area (Å²) < 4.78 is 20.0. The molecule has 0 aliphatic carbocycles. The van der Waals surface area contributed by atoms with E-state index in [4.69, 9.17) is 4.42 Å². The Morgan fingerprint density at radius 1 is 1.22 bits per heavy atom. The number of aromatic nitrogens is 2. The number of carbonyl (C=O) groups excluding carboxylic acids is 1. The van der Waals surface area contributed by atoms with E-state index in [1.165, 1.54) is 34.2 Å². The smallest absolute Gasteiger partial charge is 0.253 e. The summed E-state index contributed by atoms with van der Waals surface area (Å²) in [5.41, 5.74) is 1.19. The molecule has 1 aliphatic heterocycles. The van der Waals surface area contributed by atoms with Gasteiger partial charge in [0.25, 0.3) is 5.91 Å². The molecule has 3 aromatic heterocycles. The fourth-order valence-corrected chi connectivity index (χ4v) is 5.56. The van der Waals surface area contributed by atoms with Gasteiger partial charge in [-0.25, -0.2) is 9.40 Å². The van der Waals surface area contributed by atoms with Crippen LogP contribution in [0.25, 0.3) is 0 Å². The van der Waals surface area contributed by atoms with Crippen molar-refractivity contribution >= 4 is 56.9 Å². The summed E-state index contributed by atoms with van der Waals surface area (Å²) in [6.07, 6.45) is 2.20. The second-order valence-corrected chi connectivity index (χ2v) is 9.91. The second kappa shape index (κ2) is 9.23. The molecule has 0 bridgehead atoms. The zero-order valence-electron chi connectivity index (χ0n) is 16.5. The minimum absolute atomic E-state index is 0.146. The van der Waals surface area contributed by atoms with Gasteiger partial charge in [0.05, 0.1) is 28.3 Å². The minimum atomic E-state index is -0.371. The predicted octanol–water partition coefficient (Wildman–Crippen LogP) is 5.55. The van der Waals surface area contributed by atoms with E-state index in [0.29, 0.717) is 27.3 Å². The van der Waals surface area contributed by atoms with Crippen molar-refractivity contribution < 1.29 is 13.6 Å². The Morgan fingerprint density at radius 3 is 2.91 bits per heavy atom. The molecule has 1 atom stereocenters. The molecule has 162 valence electrons. The highest BCUT2D eigenvalue weighted by Crippen LogP contribution is 2.35. The number of hydrazone groups is 1. The van der Waals surface area contributed by atoms with Gasteiger partial charge in [-0.05, 0) is 35.7 Å². The number of carbonyl (C=O) groups is 1. The number of rotatable bonds is 7. The van der Waals surface area contributed by atoms with Gasteiger partial charge in [0, 0.05) is 6.42 Å². The lowest BCUT2D eigenvalue weighted by atomic mass is 10.1. The van der Waals surface area contributed by atoms with E-state index in [1.54, 1.807) is 41.9 Å². The fraction of sp³-hybridized carbons (Fsp3) is 0.143. The summed E-state index contributed by atoms with van der Waals surface area (Å²) in [7, 11) is 0. The summed E-state index contributed by atoms with van der Waals surface area (Å²) in [5, 5.41) is 19.6. The van der Waals surface area contributed by atoms with Crippen LogP contribution in [0, 0.1) is 5.82 Å². The lowest BCUT2D eigenvalue weighted by Crippen LogP contribution is -2.28. The SMILES string of the molecule is O=C(CSc1nnc(Nc2ccccc2F)s1)N1N=C(c2cccs2)CC1c1ccco1. The number of nitrogens with zero attached hydrogens (tertiary/aromatic N) is 4. The minimum Gasteiger partial charge on any atom is -0.467 e. The van der Waals surface area contributed by atoms with Crippen LogP contribution in [0.1, 0.15) is 23.1 Å². The quantitative estimate of drug-likeness (QED) is 0.346. The first kappa shape index (κ1) is 20.9. The van der Waals surface area contributed by atoms with Gasteiger partial charge < -0.3 is 9.73 Å². The number of anilines is 2. The summed E-state index contributed by atoms with van der Waals surface area (Å²) in [6.45, 7) is 0. The fourth-order valence-electron chi connectivity index (χ4n) is 3.22. The average molecular weight is 486 g/mol. The van der Waals surface area contributed by atoms with E-state index in [9.17, 15) is 9.18 Å². The van der Waals surface area contributed by atoms with Crippen LogP contribution in [0.15, 0.2) is 74.0 Å². The molecule has 0 spiro atoms. The van der Waals surface area contributed by atoms with E-state index in [1.807, 2.05) is 23.6 Å². The number of thiophene rings is 1. The first-order chi connectivity index (χ1) is 15.7. The van der Waals surface area contributed by atoms with Crippen molar-refractivity contribution in [3.8, 4) is 0 Å². The van der Waals surface area contributed by atoms with E-state index < -0.39 is 0 Å². The normalized spacial score (nSPS) is 15.7. The molecule has 1 unspecified atom stereocenters. The molecule has 4 heterocycles. The van der Waals surface area contributed by atoms with Crippen LogP contribution in [-0.4, -0.2) is 32.6 Å². The first-order valence-corrected chi connectivity index (χ1v) is 12.3. The van der Waals surface area contributed by atoms with Crippen molar-refractivity contribution in [1.82, 2.24) is 15.2 Å². The third-order valence-electron chi connectivity index (χ3n) is 4.68. The van der Waals surface area contributed by atoms with Gasteiger partial charge in [-0.15, -0.1) is 21.5 Å². The first-order valence-electron chi connectivity index (χ1n) is 9.62. The number of nitrogens with one attached hydrogen (secondary N) is 1. The van der Waals surface area contributed by atoms with Crippen molar-refractivity contribution in [3.63, 3.8) is 0 Å². The second-order valence-electron chi connectivity index (χ2n) is 6.76. The molecular weight excluding hydrogens is 469 g/mol. The molecule has 7 nitrogen and oxygen atoms in total. The molecular formula is C21H16FN5O2S3. The summed E-state index contributed by atoms with van der Waals surface area (Å²) in [6, 6.07) is 13.7. The molecule has 0 saturated carbocycles. The third-order valence-corrected chi connectivity index (χ3v) is 7.56. The van der Waals surface area contributed by atoms with E-state index in [2.05, 4.69) is 20.6 Å². The molecule has 0 fully saturated rings. The van der Waals surface area contributed by atoms with Gasteiger partial charge in [-0.3, -0.25) is 4.79 Å². The lowest BCUT2D eigenvalue weighted by molar-refractivity contribution is -0.130. The number of halogens is 1. The van der Waals surface area contributed by atoms with Gasteiger partial charge in [-0.2, -0.15) is 5.10 Å². The van der Waals surface area contributed by atoms with Crippen molar-refractivity contribution in [2.45, 2.75) is 16.8 Å². The van der Waals surface area contributed by atoms with Crippen LogP contribution in [0.5, 0.6) is 0 Å². The maximum absolute atomic E-state index is 13.8. The van der Waals surface area contributed by atoms with E-state index >= 15 is 0 Å². The molecule has 1 amide bonds. The predicted molar refractivity (Wildman–Crippen MR) is 124 cm³/mol. The topological polar surface area (TPSA) is 83.6 Å². The third kappa shape index (κ3) is 4.45. The number of furan rings is 1. The molecule has 1 aliphatic rings. The molecule has 0 saturated heterocycles. The largest absolute Gasteiger partial charge is 0.467 e. The highest BCUT2D eigenvalue weighted by atomic mass is 32.2. The number of amides is 1. The van der Waals surface area contributed by atoms with Gasteiger partial charge >= 0.3 is 0 Å². The van der Waals surface area contributed by atoms with Gasteiger partial charge in [0.1, 0.15) is 17.6 Å². The van der Waals surface area contributed by atoms with Crippen molar-refractivity contribution in [2.24, 2.45) is 5.10 Å².